The van der Waals surface area contributed by atoms with Gasteiger partial charge >= 0.3 is 18.1 Å². The van der Waals surface area contributed by atoms with Crippen molar-refractivity contribution in [2.24, 2.45) is 11.7 Å². The molecule has 0 bridgehead atoms. The molecular formula is C8H8F5NO2. The van der Waals surface area contributed by atoms with Gasteiger partial charge in [-0.3, -0.25) is 4.79 Å². The van der Waals surface area contributed by atoms with E-state index in [1.54, 1.807) is 0 Å². The largest absolute Gasteiger partial charge is 0.481 e. The second-order valence-electron chi connectivity index (χ2n) is 3.48. The van der Waals surface area contributed by atoms with E-state index in [-0.39, 0.29) is 0 Å². The molecule has 0 aromatic rings. The summed E-state index contributed by atoms with van der Waals surface area (Å²) in [4.78, 5) is 10.4. The summed E-state index contributed by atoms with van der Waals surface area (Å²) in [5.74, 6) is -7.93. The number of carbonyl (C=O) groups is 1. The maximum atomic E-state index is 12.9. The summed E-state index contributed by atoms with van der Waals surface area (Å²) in [7, 11) is 0. The van der Waals surface area contributed by atoms with Crippen LogP contribution in [0.5, 0.6) is 0 Å². The van der Waals surface area contributed by atoms with Crippen LogP contribution in [0.15, 0.2) is 11.6 Å². The van der Waals surface area contributed by atoms with Crippen LogP contribution in [0.4, 0.5) is 22.0 Å². The van der Waals surface area contributed by atoms with Gasteiger partial charge in [-0.15, -0.1) is 0 Å². The van der Waals surface area contributed by atoms with Gasteiger partial charge in [-0.1, -0.05) is 6.08 Å². The average molecular weight is 245 g/mol. The van der Waals surface area contributed by atoms with E-state index in [1.165, 1.54) is 0 Å². The first-order chi connectivity index (χ1) is 7.07. The van der Waals surface area contributed by atoms with Crippen molar-refractivity contribution in [1.82, 2.24) is 0 Å². The Bertz CT molecular complexity index is 336. The minimum absolute atomic E-state index is 0.389. The molecule has 0 saturated heterocycles. The average Bonchev–Trinajstić information content (AvgIpc) is 2.45. The fourth-order valence-corrected chi connectivity index (χ4v) is 1.48. The van der Waals surface area contributed by atoms with Crippen LogP contribution in [0, 0.1) is 5.92 Å². The first-order valence-corrected chi connectivity index (χ1v) is 4.22. The van der Waals surface area contributed by atoms with Gasteiger partial charge in [0.1, 0.15) is 0 Å². The predicted molar refractivity (Wildman–Crippen MR) is 42.8 cm³/mol. The van der Waals surface area contributed by atoms with Gasteiger partial charge in [0.05, 0.1) is 5.92 Å². The van der Waals surface area contributed by atoms with Gasteiger partial charge in [-0.05, 0) is 6.42 Å². The Morgan fingerprint density at radius 1 is 1.38 bits per heavy atom. The number of halogens is 5. The molecule has 3 nitrogen and oxygen atoms in total. The predicted octanol–water partition coefficient (Wildman–Crippen LogP) is 1.54. The summed E-state index contributed by atoms with van der Waals surface area (Å²) in [6, 6.07) is -1.59. The van der Waals surface area contributed by atoms with Crippen LogP contribution in [0.3, 0.4) is 0 Å². The number of hydrogen-bond acceptors (Lipinski definition) is 2. The number of carboxylic acids is 1. The second kappa shape index (κ2) is 3.69. The lowest BCUT2D eigenvalue weighted by Crippen LogP contribution is -2.43. The third kappa shape index (κ3) is 2.01. The molecule has 2 unspecified atom stereocenters. The first kappa shape index (κ1) is 12.9. The van der Waals surface area contributed by atoms with E-state index in [4.69, 9.17) is 10.8 Å². The molecule has 0 spiro atoms. The fraction of sp³-hybridized carbons (Fsp3) is 0.625. The van der Waals surface area contributed by atoms with Crippen LogP contribution in [0.25, 0.3) is 0 Å². The highest BCUT2D eigenvalue weighted by atomic mass is 19.4. The van der Waals surface area contributed by atoms with Crippen molar-refractivity contribution in [2.75, 3.05) is 0 Å². The number of alkyl halides is 5. The van der Waals surface area contributed by atoms with Gasteiger partial charge in [0.15, 0.2) is 0 Å². The van der Waals surface area contributed by atoms with Crippen LogP contribution >= 0.6 is 0 Å². The Balaban J connectivity index is 3.05. The smallest absolute Gasteiger partial charge is 0.457 e. The monoisotopic (exact) mass is 245 g/mol. The third-order valence-corrected chi connectivity index (χ3v) is 2.32. The Hall–Kier alpha value is -1.18. The van der Waals surface area contributed by atoms with E-state index in [1.807, 2.05) is 0 Å². The van der Waals surface area contributed by atoms with Crippen LogP contribution in [-0.4, -0.2) is 29.2 Å². The zero-order valence-corrected chi connectivity index (χ0v) is 7.76. The van der Waals surface area contributed by atoms with Crippen LogP contribution < -0.4 is 5.73 Å². The Morgan fingerprint density at radius 3 is 2.19 bits per heavy atom. The number of hydrogen-bond donors (Lipinski definition) is 2. The third-order valence-electron chi connectivity index (χ3n) is 2.32. The first-order valence-electron chi connectivity index (χ1n) is 4.22. The Morgan fingerprint density at radius 2 is 1.88 bits per heavy atom. The van der Waals surface area contributed by atoms with Crippen LogP contribution in [0.2, 0.25) is 0 Å². The number of aliphatic carboxylic acids is 1. The molecule has 0 aromatic carbocycles. The van der Waals surface area contributed by atoms with E-state index in [0.29, 0.717) is 6.08 Å². The molecule has 0 radical (unpaired) electrons. The molecule has 0 saturated carbocycles. The molecule has 8 heteroatoms. The topological polar surface area (TPSA) is 63.3 Å². The Labute approximate surface area is 86.7 Å². The van der Waals surface area contributed by atoms with E-state index >= 15 is 0 Å². The number of rotatable bonds is 2. The van der Waals surface area contributed by atoms with E-state index < -0.39 is 42.0 Å². The van der Waals surface area contributed by atoms with Crippen LogP contribution in [0.1, 0.15) is 6.42 Å². The summed E-state index contributed by atoms with van der Waals surface area (Å²) < 4.78 is 61.7. The standard InChI is InChI=1S/C8H8F5NO2/c9-7(10,8(11,12)13)4-1-3(6(15)16)2-5(4)14/h1,3,5H,2,14H2,(H,15,16). The van der Waals surface area contributed by atoms with Crippen molar-refractivity contribution in [3.8, 4) is 0 Å². The van der Waals surface area contributed by atoms with Crippen molar-refractivity contribution < 1.29 is 31.9 Å². The summed E-state index contributed by atoms with van der Waals surface area (Å²) in [5.41, 5.74) is 3.71. The summed E-state index contributed by atoms with van der Waals surface area (Å²) >= 11 is 0. The maximum absolute atomic E-state index is 12.9. The summed E-state index contributed by atoms with van der Waals surface area (Å²) in [6.45, 7) is 0. The molecule has 0 aliphatic heterocycles. The van der Waals surface area contributed by atoms with Crippen molar-refractivity contribution in [1.29, 1.82) is 0 Å². The zero-order valence-electron chi connectivity index (χ0n) is 7.76. The molecular weight excluding hydrogens is 237 g/mol. The van der Waals surface area contributed by atoms with Crippen molar-refractivity contribution >= 4 is 5.97 Å². The van der Waals surface area contributed by atoms with E-state index in [9.17, 15) is 26.7 Å². The van der Waals surface area contributed by atoms with Gasteiger partial charge in [0.2, 0.25) is 0 Å². The van der Waals surface area contributed by atoms with Gasteiger partial charge in [0.25, 0.3) is 0 Å². The highest BCUT2D eigenvalue weighted by Gasteiger charge is 2.62. The molecule has 1 aliphatic rings. The van der Waals surface area contributed by atoms with Gasteiger partial charge in [0, 0.05) is 11.6 Å². The molecule has 92 valence electrons. The van der Waals surface area contributed by atoms with E-state index in [2.05, 4.69) is 0 Å². The van der Waals surface area contributed by atoms with Gasteiger partial charge < -0.3 is 10.8 Å². The fourth-order valence-electron chi connectivity index (χ4n) is 1.48. The second-order valence-corrected chi connectivity index (χ2v) is 3.48. The van der Waals surface area contributed by atoms with Crippen molar-refractivity contribution in [3.05, 3.63) is 11.6 Å². The minimum Gasteiger partial charge on any atom is -0.481 e. The molecule has 0 aromatic heterocycles. The molecule has 1 aliphatic carbocycles. The Kier molecular flexibility index (Phi) is 2.97. The molecule has 3 N–H and O–H groups in total. The molecule has 0 fully saturated rings. The molecule has 0 amide bonds. The number of carboxylic acid groups (broad SMARTS) is 1. The normalized spacial score (nSPS) is 26.8. The van der Waals surface area contributed by atoms with Crippen LogP contribution in [-0.2, 0) is 4.79 Å². The lowest BCUT2D eigenvalue weighted by Gasteiger charge is -2.23. The SMILES string of the molecule is NC1CC(C(=O)O)C=C1C(F)(F)C(F)(F)F. The van der Waals surface area contributed by atoms with Gasteiger partial charge in [-0.2, -0.15) is 22.0 Å². The summed E-state index contributed by atoms with van der Waals surface area (Å²) in [5, 5.41) is 8.49. The molecule has 16 heavy (non-hydrogen) atoms. The molecule has 0 heterocycles. The minimum atomic E-state index is -5.76. The summed E-state index contributed by atoms with van der Waals surface area (Å²) in [6.07, 6.45) is -5.82. The molecule has 2 atom stereocenters. The lowest BCUT2D eigenvalue weighted by atomic mass is 10.0. The highest BCUT2D eigenvalue weighted by Crippen LogP contribution is 2.45. The van der Waals surface area contributed by atoms with Crippen molar-refractivity contribution in [3.63, 3.8) is 0 Å². The molecule has 1 rings (SSSR count). The maximum Gasteiger partial charge on any atom is 0.457 e. The lowest BCUT2D eigenvalue weighted by molar-refractivity contribution is -0.265. The number of nitrogens with two attached hydrogens (primary N) is 1. The van der Waals surface area contributed by atoms with E-state index in [0.717, 1.165) is 0 Å². The highest BCUT2D eigenvalue weighted by molar-refractivity contribution is 5.73. The zero-order chi connectivity index (χ0) is 12.7. The van der Waals surface area contributed by atoms with Gasteiger partial charge in [-0.25, -0.2) is 0 Å². The van der Waals surface area contributed by atoms with Crippen molar-refractivity contribution in [2.45, 2.75) is 24.6 Å². The quantitative estimate of drug-likeness (QED) is 0.573.